The lowest BCUT2D eigenvalue weighted by Crippen LogP contribution is -2.39. The first kappa shape index (κ1) is 19.3. The van der Waals surface area contributed by atoms with Crippen molar-refractivity contribution in [3.05, 3.63) is 22.1 Å². The summed E-state index contributed by atoms with van der Waals surface area (Å²) >= 11 is 1.41. The maximum atomic E-state index is 12.8. The van der Waals surface area contributed by atoms with Gasteiger partial charge in [0.25, 0.3) is 11.5 Å². The summed E-state index contributed by atoms with van der Waals surface area (Å²) in [7, 11) is 0. The normalized spacial score (nSPS) is 21.2. The van der Waals surface area contributed by atoms with Crippen LogP contribution in [0.5, 0.6) is 0 Å². The Morgan fingerprint density at radius 2 is 2.07 bits per heavy atom. The summed E-state index contributed by atoms with van der Waals surface area (Å²) in [6.45, 7) is 7.65. The van der Waals surface area contributed by atoms with Crippen molar-refractivity contribution in [1.29, 1.82) is 0 Å². The summed E-state index contributed by atoms with van der Waals surface area (Å²) in [4.78, 5) is 34.7. The highest BCUT2D eigenvalue weighted by Crippen LogP contribution is 2.26. The van der Waals surface area contributed by atoms with Crippen molar-refractivity contribution < 1.29 is 4.79 Å². The number of carbonyl (C=O) groups excluding carboxylic acids is 1. The van der Waals surface area contributed by atoms with Gasteiger partial charge in [-0.2, -0.15) is 4.52 Å². The van der Waals surface area contributed by atoms with Crippen LogP contribution >= 0.6 is 11.3 Å². The Balaban J connectivity index is 1.44. The van der Waals surface area contributed by atoms with Crippen molar-refractivity contribution in [3.8, 4) is 0 Å². The molecular formula is C19H28N6O2S. The number of nitrogens with zero attached hydrogens (tertiary/aromatic N) is 5. The van der Waals surface area contributed by atoms with E-state index in [1.165, 1.54) is 47.7 Å². The Morgan fingerprint density at radius 1 is 1.25 bits per heavy atom. The number of nitrogens with one attached hydrogen (secondary N) is 1. The summed E-state index contributed by atoms with van der Waals surface area (Å²) < 4.78 is 1.28. The monoisotopic (exact) mass is 404 g/mol. The van der Waals surface area contributed by atoms with Crippen LogP contribution in [-0.4, -0.2) is 64.7 Å². The molecule has 1 N–H and O–H groups in total. The van der Waals surface area contributed by atoms with Gasteiger partial charge in [-0.1, -0.05) is 24.7 Å². The average molecular weight is 405 g/mol. The fraction of sp³-hybridized carbons (Fsp3) is 0.684. The third-order valence-corrected chi connectivity index (χ3v) is 6.59. The van der Waals surface area contributed by atoms with Crippen LogP contribution in [0.1, 0.15) is 49.4 Å². The second kappa shape index (κ2) is 8.57. The molecule has 1 amide bonds. The van der Waals surface area contributed by atoms with Gasteiger partial charge in [0.1, 0.15) is 5.56 Å². The highest BCUT2D eigenvalue weighted by molar-refractivity contribution is 7.20. The molecule has 1 atom stereocenters. The summed E-state index contributed by atoms with van der Waals surface area (Å²) in [5.74, 6) is 0.247. The summed E-state index contributed by atoms with van der Waals surface area (Å²) in [6.07, 6.45) is 7.47. The number of hydrogen-bond acceptors (Lipinski definition) is 7. The lowest BCUT2D eigenvalue weighted by atomic mass is 10.0. The smallest absolute Gasteiger partial charge is 0.288 e. The molecule has 9 heteroatoms. The Hall–Kier alpha value is -2.00. The van der Waals surface area contributed by atoms with Crippen LogP contribution in [0.25, 0.3) is 4.96 Å². The van der Waals surface area contributed by atoms with Gasteiger partial charge >= 0.3 is 0 Å². The van der Waals surface area contributed by atoms with E-state index in [0.29, 0.717) is 17.4 Å². The Bertz CT molecular complexity index is 888. The molecule has 2 aliphatic heterocycles. The Kier molecular flexibility index (Phi) is 5.91. The van der Waals surface area contributed by atoms with Crippen molar-refractivity contribution in [2.45, 2.75) is 39.0 Å². The van der Waals surface area contributed by atoms with Gasteiger partial charge < -0.3 is 15.1 Å². The number of amides is 1. The molecule has 152 valence electrons. The van der Waals surface area contributed by atoms with E-state index in [-0.39, 0.29) is 11.5 Å². The predicted molar refractivity (Wildman–Crippen MR) is 110 cm³/mol. The zero-order valence-electron chi connectivity index (χ0n) is 16.4. The molecule has 0 spiro atoms. The highest BCUT2D eigenvalue weighted by Gasteiger charge is 2.22. The van der Waals surface area contributed by atoms with Crippen LogP contribution in [0, 0.1) is 5.92 Å². The molecule has 2 aromatic rings. The molecule has 4 heterocycles. The van der Waals surface area contributed by atoms with E-state index in [9.17, 15) is 9.59 Å². The first-order valence-electron chi connectivity index (χ1n) is 10.3. The van der Waals surface area contributed by atoms with Gasteiger partial charge in [0, 0.05) is 32.4 Å². The third kappa shape index (κ3) is 4.20. The Labute approximate surface area is 168 Å². The molecule has 28 heavy (non-hydrogen) atoms. The molecule has 2 saturated heterocycles. The fourth-order valence-corrected chi connectivity index (χ4v) is 4.92. The van der Waals surface area contributed by atoms with Crippen LogP contribution in [-0.2, 0) is 0 Å². The topological polar surface area (TPSA) is 82.8 Å². The molecule has 1 unspecified atom stereocenters. The molecule has 0 bridgehead atoms. The SMILES string of the molecule is CC1CCCN(c2nn3c(=O)c(C(=O)NCCN4CCCCC4)cnc3s2)C1. The number of fused-ring (bicyclic) bond motifs is 1. The van der Waals surface area contributed by atoms with E-state index in [4.69, 9.17) is 0 Å². The van der Waals surface area contributed by atoms with E-state index >= 15 is 0 Å². The number of likely N-dealkylation sites (tertiary alicyclic amines) is 1. The van der Waals surface area contributed by atoms with Crippen molar-refractivity contribution in [2.24, 2.45) is 5.92 Å². The van der Waals surface area contributed by atoms with Crippen LogP contribution in [0.2, 0.25) is 0 Å². The number of piperidine rings is 2. The molecule has 4 rings (SSSR count). The third-order valence-electron chi connectivity index (χ3n) is 5.61. The molecule has 2 aliphatic rings. The standard InChI is InChI=1S/C19H28N6O2S/c1-14-6-5-10-24(13-14)19-22-25-17(27)15(12-21-18(25)28-19)16(26)20-7-11-23-8-3-2-4-9-23/h12,14H,2-11,13H2,1H3,(H,20,26). The zero-order valence-corrected chi connectivity index (χ0v) is 17.2. The number of hydrogen-bond donors (Lipinski definition) is 1. The van der Waals surface area contributed by atoms with Crippen LogP contribution in [0.3, 0.4) is 0 Å². The van der Waals surface area contributed by atoms with E-state index in [1.807, 2.05) is 0 Å². The van der Waals surface area contributed by atoms with Gasteiger partial charge in [-0.25, -0.2) is 4.98 Å². The molecule has 8 nitrogen and oxygen atoms in total. The van der Waals surface area contributed by atoms with Crippen molar-refractivity contribution in [1.82, 2.24) is 24.8 Å². The van der Waals surface area contributed by atoms with Crippen LogP contribution in [0.15, 0.2) is 11.0 Å². The molecule has 0 aromatic carbocycles. The molecular weight excluding hydrogens is 376 g/mol. The van der Waals surface area contributed by atoms with Gasteiger partial charge in [-0.05, 0) is 44.7 Å². The average Bonchev–Trinajstić information content (AvgIpc) is 3.14. The minimum atomic E-state index is -0.395. The molecule has 0 aliphatic carbocycles. The quantitative estimate of drug-likeness (QED) is 0.815. The maximum Gasteiger partial charge on any atom is 0.288 e. The van der Waals surface area contributed by atoms with Crippen molar-refractivity contribution in [2.75, 3.05) is 44.2 Å². The number of carbonyl (C=O) groups is 1. The van der Waals surface area contributed by atoms with Gasteiger partial charge in [0.15, 0.2) is 0 Å². The highest BCUT2D eigenvalue weighted by atomic mass is 32.1. The van der Waals surface area contributed by atoms with Gasteiger partial charge in [-0.3, -0.25) is 9.59 Å². The van der Waals surface area contributed by atoms with Gasteiger partial charge in [-0.15, -0.1) is 5.10 Å². The number of anilines is 1. The Morgan fingerprint density at radius 3 is 2.86 bits per heavy atom. The van der Waals surface area contributed by atoms with Crippen LogP contribution in [0.4, 0.5) is 5.13 Å². The lowest BCUT2D eigenvalue weighted by molar-refractivity contribution is 0.0944. The summed E-state index contributed by atoms with van der Waals surface area (Å²) in [6, 6.07) is 0. The second-order valence-corrected chi connectivity index (χ2v) is 8.84. The summed E-state index contributed by atoms with van der Waals surface area (Å²) in [5.41, 5.74) is -0.340. The van der Waals surface area contributed by atoms with E-state index in [0.717, 1.165) is 44.3 Å². The second-order valence-electron chi connectivity index (χ2n) is 7.91. The van der Waals surface area contributed by atoms with Crippen molar-refractivity contribution >= 4 is 27.3 Å². The minimum absolute atomic E-state index is 0.0556. The molecule has 2 fully saturated rings. The van der Waals surface area contributed by atoms with E-state index < -0.39 is 5.56 Å². The number of aromatic nitrogens is 3. The first-order chi connectivity index (χ1) is 13.6. The minimum Gasteiger partial charge on any atom is -0.351 e. The van der Waals surface area contributed by atoms with Crippen molar-refractivity contribution in [3.63, 3.8) is 0 Å². The lowest BCUT2D eigenvalue weighted by Gasteiger charge is -2.30. The zero-order chi connectivity index (χ0) is 19.5. The fourth-order valence-electron chi connectivity index (χ4n) is 4.03. The predicted octanol–water partition coefficient (Wildman–Crippen LogP) is 1.60. The first-order valence-corrected chi connectivity index (χ1v) is 11.1. The molecule has 0 saturated carbocycles. The summed E-state index contributed by atoms with van der Waals surface area (Å²) in [5, 5.41) is 8.13. The maximum absolute atomic E-state index is 12.8. The van der Waals surface area contributed by atoms with Gasteiger partial charge in [0.2, 0.25) is 10.1 Å². The van der Waals surface area contributed by atoms with Crippen LogP contribution < -0.4 is 15.8 Å². The number of rotatable bonds is 5. The van der Waals surface area contributed by atoms with Gasteiger partial charge in [0.05, 0.1) is 0 Å². The van der Waals surface area contributed by atoms with E-state index in [1.54, 1.807) is 0 Å². The largest absolute Gasteiger partial charge is 0.351 e. The molecule has 0 radical (unpaired) electrons. The molecule has 2 aromatic heterocycles. The van der Waals surface area contributed by atoms with E-state index in [2.05, 4.69) is 32.1 Å².